The van der Waals surface area contributed by atoms with Gasteiger partial charge in [0.1, 0.15) is 4.90 Å². The second kappa shape index (κ2) is 5.92. The van der Waals surface area contributed by atoms with Crippen LogP contribution in [-0.4, -0.2) is 43.0 Å². The zero-order valence-corrected chi connectivity index (χ0v) is 12.9. The van der Waals surface area contributed by atoms with Gasteiger partial charge in [0, 0.05) is 24.8 Å². The van der Waals surface area contributed by atoms with Crippen LogP contribution in [0.5, 0.6) is 0 Å². The quantitative estimate of drug-likeness (QED) is 0.784. The van der Waals surface area contributed by atoms with Gasteiger partial charge < -0.3 is 5.32 Å². The maximum Gasteiger partial charge on any atom is 0.269 e. The van der Waals surface area contributed by atoms with E-state index in [2.05, 4.69) is 21.2 Å². The van der Waals surface area contributed by atoms with Crippen LogP contribution in [0.4, 0.5) is 0 Å². The van der Waals surface area contributed by atoms with E-state index in [0.29, 0.717) is 11.9 Å². The molecule has 1 N–H and O–H groups in total. The number of sulfonamides is 1. The number of carbonyl (C=O) groups is 2. The summed E-state index contributed by atoms with van der Waals surface area (Å²) in [7, 11) is -3.82. The topological polar surface area (TPSA) is 83.6 Å². The number of halogens is 1. The number of hydrogen-bond donors (Lipinski definition) is 1. The Labute approximate surface area is 125 Å². The lowest BCUT2D eigenvalue weighted by Gasteiger charge is -2.14. The van der Waals surface area contributed by atoms with Crippen LogP contribution in [0.15, 0.2) is 29.2 Å². The van der Waals surface area contributed by atoms with Gasteiger partial charge >= 0.3 is 0 Å². The van der Waals surface area contributed by atoms with Crippen LogP contribution >= 0.6 is 15.9 Å². The Morgan fingerprint density at radius 3 is 2.65 bits per heavy atom. The van der Waals surface area contributed by atoms with Crippen LogP contribution in [0.2, 0.25) is 0 Å². The summed E-state index contributed by atoms with van der Waals surface area (Å²) in [5.74, 6) is -0.864. The fourth-order valence-corrected chi connectivity index (χ4v) is 3.70. The van der Waals surface area contributed by atoms with Gasteiger partial charge in [-0.25, -0.2) is 12.7 Å². The number of amides is 2. The second-order valence-corrected chi connectivity index (χ2v) is 6.79. The van der Waals surface area contributed by atoms with Gasteiger partial charge in [0.15, 0.2) is 0 Å². The Morgan fingerprint density at radius 2 is 2.00 bits per heavy atom. The Hall–Kier alpha value is -1.41. The number of carbonyl (C=O) groups excluding carboxylic acids is 2. The highest BCUT2D eigenvalue weighted by Gasteiger charge is 2.40. The van der Waals surface area contributed by atoms with Crippen molar-refractivity contribution in [2.24, 2.45) is 0 Å². The Morgan fingerprint density at radius 1 is 1.30 bits per heavy atom. The monoisotopic (exact) mass is 360 g/mol. The van der Waals surface area contributed by atoms with E-state index in [1.165, 1.54) is 12.1 Å². The van der Waals surface area contributed by atoms with Crippen molar-refractivity contribution in [3.05, 3.63) is 29.8 Å². The molecule has 0 bridgehead atoms. The van der Waals surface area contributed by atoms with Crippen LogP contribution in [0.3, 0.4) is 0 Å². The average molecular weight is 361 g/mol. The van der Waals surface area contributed by atoms with Crippen LogP contribution in [0, 0.1) is 0 Å². The van der Waals surface area contributed by atoms with Gasteiger partial charge in [0.05, 0.1) is 5.56 Å². The summed E-state index contributed by atoms with van der Waals surface area (Å²) in [6, 6.07) is 6.04. The van der Waals surface area contributed by atoms with Crippen LogP contribution in [-0.2, 0) is 14.8 Å². The van der Waals surface area contributed by atoms with Gasteiger partial charge in [-0.2, -0.15) is 0 Å². The minimum absolute atomic E-state index is 0.00543. The molecule has 0 unspecified atom stereocenters. The molecule has 0 radical (unpaired) electrons. The molecule has 1 heterocycles. The van der Waals surface area contributed by atoms with Crippen LogP contribution in [0.1, 0.15) is 16.8 Å². The van der Waals surface area contributed by atoms with Gasteiger partial charge in [-0.05, 0) is 12.1 Å². The molecule has 8 heteroatoms. The molecule has 1 aromatic carbocycles. The highest BCUT2D eigenvalue weighted by molar-refractivity contribution is 9.09. The summed E-state index contributed by atoms with van der Waals surface area (Å²) in [5.41, 5.74) is 0.161. The highest BCUT2D eigenvalue weighted by Crippen LogP contribution is 2.29. The smallest absolute Gasteiger partial charge is 0.269 e. The zero-order valence-electron chi connectivity index (χ0n) is 10.5. The first kappa shape index (κ1) is 15.0. The summed E-state index contributed by atoms with van der Waals surface area (Å²) in [6.07, 6.45) is -0.0496. The molecule has 0 aromatic heterocycles. The fraction of sp³-hybridized carbons (Fsp3) is 0.333. The molecule has 0 spiro atoms. The summed E-state index contributed by atoms with van der Waals surface area (Å²) in [4.78, 5) is 23.5. The third-order valence-electron chi connectivity index (χ3n) is 2.87. The SMILES string of the molecule is O=C(CCN1C(=O)c2ccccc2S1(=O)=O)NCCBr. The minimum atomic E-state index is -3.82. The van der Waals surface area contributed by atoms with E-state index in [1.807, 2.05) is 0 Å². The zero-order chi connectivity index (χ0) is 14.8. The van der Waals surface area contributed by atoms with E-state index in [-0.39, 0.29) is 29.3 Å². The van der Waals surface area contributed by atoms with Crippen molar-refractivity contribution in [2.45, 2.75) is 11.3 Å². The molecule has 20 heavy (non-hydrogen) atoms. The molecular weight excluding hydrogens is 348 g/mol. The van der Waals surface area contributed by atoms with Crippen molar-refractivity contribution in [3.63, 3.8) is 0 Å². The molecule has 0 aliphatic carbocycles. The van der Waals surface area contributed by atoms with Crippen molar-refractivity contribution in [2.75, 3.05) is 18.4 Å². The molecule has 108 valence electrons. The molecule has 0 atom stereocenters. The molecule has 6 nitrogen and oxygen atoms in total. The van der Waals surface area contributed by atoms with Crippen molar-refractivity contribution < 1.29 is 18.0 Å². The summed E-state index contributed by atoms with van der Waals surface area (Å²) in [5, 5.41) is 3.22. The maximum atomic E-state index is 12.2. The maximum absolute atomic E-state index is 12.2. The lowest BCUT2D eigenvalue weighted by atomic mass is 10.2. The normalized spacial score (nSPS) is 16.1. The predicted octanol–water partition coefficient (Wildman–Crippen LogP) is 0.732. The van der Waals surface area contributed by atoms with Gasteiger partial charge in [-0.1, -0.05) is 28.1 Å². The molecule has 1 aliphatic heterocycles. The summed E-state index contributed by atoms with van der Waals surface area (Å²) in [6.45, 7) is 0.309. The number of alkyl halides is 1. The van der Waals surface area contributed by atoms with E-state index in [4.69, 9.17) is 0 Å². The van der Waals surface area contributed by atoms with Crippen molar-refractivity contribution in [1.82, 2.24) is 9.62 Å². The number of fused-ring (bicyclic) bond motifs is 1. The second-order valence-electron chi connectivity index (χ2n) is 4.17. The minimum Gasteiger partial charge on any atom is -0.355 e. The third kappa shape index (κ3) is 2.71. The number of nitrogens with one attached hydrogen (secondary N) is 1. The lowest BCUT2D eigenvalue weighted by molar-refractivity contribution is -0.120. The summed E-state index contributed by atoms with van der Waals surface area (Å²) >= 11 is 3.17. The number of benzene rings is 1. The van der Waals surface area contributed by atoms with Crippen molar-refractivity contribution in [1.29, 1.82) is 0 Å². The number of hydrogen-bond acceptors (Lipinski definition) is 4. The molecule has 1 aromatic rings. The first-order valence-corrected chi connectivity index (χ1v) is 8.53. The van der Waals surface area contributed by atoms with Crippen LogP contribution in [0.25, 0.3) is 0 Å². The van der Waals surface area contributed by atoms with Crippen molar-refractivity contribution in [3.8, 4) is 0 Å². The van der Waals surface area contributed by atoms with Gasteiger partial charge in [0.25, 0.3) is 15.9 Å². The van der Waals surface area contributed by atoms with E-state index in [0.717, 1.165) is 4.31 Å². The van der Waals surface area contributed by atoms with E-state index >= 15 is 0 Å². The Balaban J connectivity index is 2.12. The largest absolute Gasteiger partial charge is 0.355 e. The average Bonchev–Trinajstić information content (AvgIpc) is 2.63. The molecule has 0 fully saturated rings. The molecule has 1 aliphatic rings. The third-order valence-corrected chi connectivity index (χ3v) is 5.11. The van der Waals surface area contributed by atoms with Crippen molar-refractivity contribution >= 4 is 37.8 Å². The van der Waals surface area contributed by atoms with Crippen LogP contribution < -0.4 is 5.32 Å². The van der Waals surface area contributed by atoms with Gasteiger partial charge in [-0.3, -0.25) is 9.59 Å². The lowest BCUT2D eigenvalue weighted by Crippen LogP contribution is -2.35. The molecule has 2 rings (SSSR count). The van der Waals surface area contributed by atoms with E-state index in [1.54, 1.807) is 12.1 Å². The predicted molar refractivity (Wildman–Crippen MR) is 76.1 cm³/mol. The van der Waals surface area contributed by atoms with Gasteiger partial charge in [-0.15, -0.1) is 0 Å². The molecule has 2 amide bonds. The Bertz CT molecular complexity index is 645. The Kier molecular flexibility index (Phi) is 4.44. The van der Waals surface area contributed by atoms with E-state index < -0.39 is 15.9 Å². The van der Waals surface area contributed by atoms with E-state index in [9.17, 15) is 18.0 Å². The number of nitrogens with zero attached hydrogens (tertiary/aromatic N) is 1. The highest BCUT2D eigenvalue weighted by atomic mass is 79.9. The fourth-order valence-electron chi connectivity index (χ4n) is 1.93. The molecular formula is C12H13BrN2O4S. The summed E-state index contributed by atoms with van der Waals surface area (Å²) < 4.78 is 25.1. The number of rotatable bonds is 5. The first-order chi connectivity index (χ1) is 9.48. The molecule has 0 saturated carbocycles. The van der Waals surface area contributed by atoms with Gasteiger partial charge in [0.2, 0.25) is 5.91 Å². The first-order valence-electron chi connectivity index (χ1n) is 5.97. The molecule has 0 saturated heterocycles. The standard InChI is InChI=1S/C12H13BrN2O4S/c13-6-7-14-11(16)5-8-15-12(17)9-3-1-2-4-10(9)20(15,18)19/h1-4H,5-8H2,(H,14,16).